The Bertz CT molecular complexity index is 779. The van der Waals surface area contributed by atoms with E-state index in [2.05, 4.69) is 5.32 Å². The molecule has 1 fully saturated rings. The van der Waals surface area contributed by atoms with Gasteiger partial charge in [-0.15, -0.1) is 0 Å². The molecule has 2 amide bonds. The van der Waals surface area contributed by atoms with Crippen molar-refractivity contribution in [1.82, 2.24) is 10.2 Å². The number of nitrogens with zero attached hydrogens (tertiary/aromatic N) is 1. The van der Waals surface area contributed by atoms with Gasteiger partial charge in [0.15, 0.2) is 9.84 Å². The molecule has 0 aliphatic carbocycles. The third kappa shape index (κ3) is 3.50. The second kappa shape index (κ2) is 6.23. The van der Waals surface area contributed by atoms with E-state index in [1.165, 1.54) is 0 Å². The minimum atomic E-state index is -3.04. The van der Waals surface area contributed by atoms with E-state index in [9.17, 15) is 13.2 Å². The third-order valence-corrected chi connectivity index (χ3v) is 6.27. The van der Waals surface area contributed by atoms with E-state index in [0.717, 1.165) is 16.7 Å². The highest BCUT2D eigenvalue weighted by molar-refractivity contribution is 7.92. The zero-order chi connectivity index (χ0) is 16.4. The average Bonchev–Trinajstić information content (AvgIpc) is 2.92. The van der Waals surface area contributed by atoms with Gasteiger partial charge in [-0.1, -0.05) is 18.2 Å². The molecule has 0 bridgehead atoms. The molecule has 1 unspecified atom stereocenters. The van der Waals surface area contributed by atoms with Crippen molar-refractivity contribution in [2.75, 3.05) is 25.4 Å². The van der Waals surface area contributed by atoms with Crippen LogP contribution in [-0.2, 0) is 16.3 Å². The first-order valence-electron chi connectivity index (χ1n) is 7.67. The van der Waals surface area contributed by atoms with Crippen molar-refractivity contribution < 1.29 is 17.6 Å². The van der Waals surface area contributed by atoms with Gasteiger partial charge in [-0.25, -0.2) is 13.2 Å². The summed E-state index contributed by atoms with van der Waals surface area (Å²) in [7, 11) is -3.04. The van der Waals surface area contributed by atoms with Crippen LogP contribution >= 0.6 is 0 Å². The maximum Gasteiger partial charge on any atom is 0.317 e. The molecule has 1 aromatic carbocycles. The molecule has 23 heavy (non-hydrogen) atoms. The fourth-order valence-corrected chi connectivity index (χ4v) is 3.99. The standard InChI is InChI=1S/C16H20N2O4S/c1-12-11-18(8-9-23(12,20)21)16(19)17-7-6-14-10-13-4-2-3-5-15(13)22-14/h2-5,10,12H,6-9,11H2,1H3,(H,17,19). The Hall–Kier alpha value is -2.02. The topological polar surface area (TPSA) is 79.6 Å². The van der Waals surface area contributed by atoms with Gasteiger partial charge in [-0.05, 0) is 19.1 Å². The lowest BCUT2D eigenvalue weighted by Gasteiger charge is -2.30. The predicted octanol–water partition coefficient (Wildman–Crippen LogP) is 1.80. The molecule has 1 aliphatic heterocycles. The summed E-state index contributed by atoms with van der Waals surface area (Å²) in [5.74, 6) is 0.853. The number of amides is 2. The largest absolute Gasteiger partial charge is 0.461 e. The van der Waals surface area contributed by atoms with E-state index in [1.54, 1.807) is 11.8 Å². The van der Waals surface area contributed by atoms with Crippen LogP contribution < -0.4 is 5.32 Å². The number of furan rings is 1. The molecular weight excluding hydrogens is 316 g/mol. The number of fused-ring (bicyclic) bond motifs is 1. The highest BCUT2D eigenvalue weighted by Crippen LogP contribution is 2.18. The van der Waals surface area contributed by atoms with Crippen LogP contribution in [0.25, 0.3) is 11.0 Å². The second-order valence-electron chi connectivity index (χ2n) is 5.86. The summed E-state index contributed by atoms with van der Waals surface area (Å²) < 4.78 is 29.0. The number of rotatable bonds is 3. The van der Waals surface area contributed by atoms with Gasteiger partial charge >= 0.3 is 6.03 Å². The Kier molecular flexibility index (Phi) is 4.30. The van der Waals surface area contributed by atoms with Gasteiger partial charge in [0.05, 0.1) is 11.0 Å². The van der Waals surface area contributed by atoms with E-state index in [4.69, 9.17) is 4.42 Å². The quantitative estimate of drug-likeness (QED) is 0.927. The molecule has 7 heteroatoms. The molecule has 2 aromatic rings. The summed E-state index contributed by atoms with van der Waals surface area (Å²) in [4.78, 5) is 13.7. The summed E-state index contributed by atoms with van der Waals surface area (Å²) in [6.45, 7) is 2.60. The zero-order valence-electron chi connectivity index (χ0n) is 13.0. The van der Waals surface area contributed by atoms with Crippen molar-refractivity contribution in [3.05, 3.63) is 36.1 Å². The van der Waals surface area contributed by atoms with Crippen molar-refractivity contribution in [3.8, 4) is 0 Å². The van der Waals surface area contributed by atoms with Crippen LogP contribution in [0.2, 0.25) is 0 Å². The maximum atomic E-state index is 12.1. The predicted molar refractivity (Wildman–Crippen MR) is 88.1 cm³/mol. The Balaban J connectivity index is 1.51. The lowest BCUT2D eigenvalue weighted by Crippen LogP contribution is -2.51. The summed E-state index contributed by atoms with van der Waals surface area (Å²) >= 11 is 0. The van der Waals surface area contributed by atoms with Crippen LogP contribution in [0.3, 0.4) is 0 Å². The van der Waals surface area contributed by atoms with Gasteiger partial charge in [0.2, 0.25) is 0 Å². The van der Waals surface area contributed by atoms with Crippen LogP contribution in [0.1, 0.15) is 12.7 Å². The maximum absolute atomic E-state index is 12.1. The van der Waals surface area contributed by atoms with Gasteiger partial charge in [-0.2, -0.15) is 0 Å². The number of hydrogen-bond donors (Lipinski definition) is 1. The summed E-state index contributed by atoms with van der Waals surface area (Å²) in [6.07, 6.45) is 0.599. The molecule has 1 aromatic heterocycles. The number of benzene rings is 1. The van der Waals surface area contributed by atoms with Crippen molar-refractivity contribution in [1.29, 1.82) is 0 Å². The smallest absolute Gasteiger partial charge is 0.317 e. The van der Waals surface area contributed by atoms with Crippen molar-refractivity contribution >= 4 is 26.8 Å². The molecule has 2 heterocycles. The highest BCUT2D eigenvalue weighted by Gasteiger charge is 2.31. The molecule has 0 radical (unpaired) electrons. The first kappa shape index (κ1) is 15.9. The lowest BCUT2D eigenvalue weighted by molar-refractivity contribution is 0.199. The summed E-state index contributed by atoms with van der Waals surface area (Å²) in [5, 5.41) is 3.37. The number of para-hydroxylation sites is 1. The third-order valence-electron chi connectivity index (χ3n) is 4.15. The SMILES string of the molecule is CC1CN(C(=O)NCCc2cc3ccccc3o2)CCS1(=O)=O. The zero-order valence-corrected chi connectivity index (χ0v) is 13.8. The molecule has 124 valence electrons. The summed E-state index contributed by atoms with van der Waals surface area (Å²) in [6, 6.07) is 9.51. The molecular formula is C16H20N2O4S. The number of hydrogen-bond acceptors (Lipinski definition) is 4. The number of carbonyl (C=O) groups is 1. The Morgan fingerprint density at radius 3 is 2.91 bits per heavy atom. The van der Waals surface area contributed by atoms with E-state index in [1.807, 2.05) is 30.3 Å². The Morgan fingerprint density at radius 2 is 2.17 bits per heavy atom. The van der Waals surface area contributed by atoms with E-state index in [0.29, 0.717) is 13.0 Å². The van der Waals surface area contributed by atoms with Gasteiger partial charge in [0, 0.05) is 31.4 Å². The molecule has 6 nitrogen and oxygen atoms in total. The molecule has 1 atom stereocenters. The minimum absolute atomic E-state index is 0.0329. The van der Waals surface area contributed by atoms with Crippen molar-refractivity contribution in [3.63, 3.8) is 0 Å². The highest BCUT2D eigenvalue weighted by atomic mass is 32.2. The number of urea groups is 1. The average molecular weight is 336 g/mol. The van der Waals surface area contributed by atoms with Crippen molar-refractivity contribution in [2.45, 2.75) is 18.6 Å². The van der Waals surface area contributed by atoms with Gasteiger partial charge < -0.3 is 14.6 Å². The van der Waals surface area contributed by atoms with Gasteiger partial charge in [-0.3, -0.25) is 0 Å². The number of carbonyl (C=O) groups excluding carboxylic acids is 1. The lowest BCUT2D eigenvalue weighted by atomic mass is 10.2. The normalized spacial score (nSPS) is 20.6. The minimum Gasteiger partial charge on any atom is -0.461 e. The van der Waals surface area contributed by atoms with Crippen LogP contribution in [0.4, 0.5) is 4.79 Å². The van der Waals surface area contributed by atoms with Crippen LogP contribution in [0.5, 0.6) is 0 Å². The number of sulfone groups is 1. The fraction of sp³-hybridized carbons (Fsp3) is 0.438. The van der Waals surface area contributed by atoms with Crippen molar-refractivity contribution in [2.24, 2.45) is 0 Å². The first-order chi connectivity index (χ1) is 11.0. The van der Waals surface area contributed by atoms with Gasteiger partial charge in [0.25, 0.3) is 0 Å². The van der Waals surface area contributed by atoms with E-state index >= 15 is 0 Å². The Labute approximate surface area is 135 Å². The number of nitrogens with one attached hydrogen (secondary N) is 1. The second-order valence-corrected chi connectivity index (χ2v) is 8.39. The van der Waals surface area contributed by atoms with E-state index < -0.39 is 15.1 Å². The van der Waals surface area contributed by atoms with E-state index in [-0.39, 0.29) is 24.9 Å². The van der Waals surface area contributed by atoms with Gasteiger partial charge in [0.1, 0.15) is 11.3 Å². The molecule has 3 rings (SSSR count). The van der Waals surface area contributed by atoms with Crippen LogP contribution in [-0.4, -0.2) is 50.0 Å². The Morgan fingerprint density at radius 1 is 1.39 bits per heavy atom. The molecule has 1 aliphatic rings. The molecule has 1 saturated heterocycles. The first-order valence-corrected chi connectivity index (χ1v) is 9.39. The molecule has 0 spiro atoms. The molecule has 0 saturated carbocycles. The van der Waals surface area contributed by atoms with Crippen LogP contribution in [0.15, 0.2) is 34.7 Å². The molecule has 1 N–H and O–H groups in total. The fourth-order valence-electron chi connectivity index (χ4n) is 2.70. The summed E-state index contributed by atoms with van der Waals surface area (Å²) in [5.41, 5.74) is 0.837. The monoisotopic (exact) mass is 336 g/mol. The van der Waals surface area contributed by atoms with Crippen LogP contribution in [0, 0.1) is 0 Å².